The molecule has 1 rings (SSSR count). The van der Waals surface area contributed by atoms with E-state index in [0.717, 1.165) is 11.7 Å². The van der Waals surface area contributed by atoms with Crippen LogP contribution in [0.5, 0.6) is 0 Å². The van der Waals surface area contributed by atoms with Gasteiger partial charge in [-0.05, 0) is 6.42 Å². The second-order valence-electron chi connectivity index (χ2n) is 1.45. The molecule has 0 aromatic heterocycles. The van der Waals surface area contributed by atoms with Gasteiger partial charge >= 0.3 is 0 Å². The minimum Gasteiger partial charge on any atom is -0.237 e. The zero-order chi connectivity index (χ0) is 4.41. The van der Waals surface area contributed by atoms with E-state index < -0.39 is 0 Å². The lowest BCUT2D eigenvalue weighted by Crippen LogP contribution is -1.85. The molecule has 1 radical (unpaired) electrons. The van der Waals surface area contributed by atoms with Crippen LogP contribution in [0.4, 0.5) is 0 Å². The summed E-state index contributed by atoms with van der Waals surface area (Å²) in [4.78, 5) is 0. The lowest BCUT2D eigenvalue weighted by atomic mass is 10.4. The standard InChI is InChI=1S/C4H7OS/c5-2-1-4-3-6-4/h4H,1-3H2. The molecule has 1 saturated heterocycles. The van der Waals surface area contributed by atoms with Crippen molar-refractivity contribution in [2.45, 2.75) is 11.7 Å². The molecule has 0 aromatic carbocycles. The van der Waals surface area contributed by atoms with E-state index in [4.69, 9.17) is 0 Å². The Labute approximate surface area is 41.7 Å². The maximum Gasteiger partial charge on any atom is 0.0833 e. The van der Waals surface area contributed by atoms with E-state index in [0.29, 0.717) is 0 Å². The first kappa shape index (κ1) is 4.47. The molecule has 0 aromatic rings. The Balaban J connectivity index is 1.88. The van der Waals surface area contributed by atoms with Crippen molar-refractivity contribution in [1.82, 2.24) is 0 Å². The smallest absolute Gasteiger partial charge is 0.0833 e. The molecule has 6 heavy (non-hydrogen) atoms. The summed E-state index contributed by atoms with van der Waals surface area (Å²) in [6, 6.07) is 0. The SMILES string of the molecule is [O]CCC1CS1. The fraction of sp³-hybridized carbons (Fsp3) is 1.00. The van der Waals surface area contributed by atoms with Crippen LogP contribution < -0.4 is 0 Å². The van der Waals surface area contributed by atoms with Crippen LogP contribution in [-0.2, 0) is 5.11 Å². The van der Waals surface area contributed by atoms with Gasteiger partial charge in [-0.2, -0.15) is 11.8 Å². The van der Waals surface area contributed by atoms with Gasteiger partial charge in [-0.15, -0.1) is 0 Å². The molecule has 1 fully saturated rings. The fourth-order valence-corrected chi connectivity index (χ4v) is 0.932. The van der Waals surface area contributed by atoms with Gasteiger partial charge < -0.3 is 0 Å². The van der Waals surface area contributed by atoms with Gasteiger partial charge in [0.05, 0.1) is 6.61 Å². The Bertz CT molecular complexity index is 42.8. The van der Waals surface area contributed by atoms with Crippen LogP contribution >= 0.6 is 11.8 Å². The molecule has 1 aliphatic rings. The lowest BCUT2D eigenvalue weighted by Gasteiger charge is -1.78. The average Bonchev–Trinajstić information content (AvgIpc) is 2.21. The molecule has 1 aliphatic heterocycles. The summed E-state index contributed by atoms with van der Waals surface area (Å²) in [5.41, 5.74) is 0. The van der Waals surface area contributed by atoms with Crippen LogP contribution in [0.3, 0.4) is 0 Å². The predicted octanol–water partition coefficient (Wildman–Crippen LogP) is 0.922. The third-order valence-electron chi connectivity index (χ3n) is 0.842. The van der Waals surface area contributed by atoms with Crippen molar-refractivity contribution < 1.29 is 5.11 Å². The van der Waals surface area contributed by atoms with Gasteiger partial charge in [-0.1, -0.05) is 0 Å². The zero-order valence-corrected chi connectivity index (χ0v) is 4.33. The summed E-state index contributed by atoms with van der Waals surface area (Å²) in [5, 5.41) is 10.5. The molecule has 0 N–H and O–H groups in total. The van der Waals surface area contributed by atoms with Crippen LogP contribution in [0.15, 0.2) is 0 Å². The van der Waals surface area contributed by atoms with Crippen molar-refractivity contribution in [2.75, 3.05) is 12.4 Å². The summed E-state index contributed by atoms with van der Waals surface area (Å²) < 4.78 is 0. The average molecular weight is 103 g/mol. The van der Waals surface area contributed by atoms with Gasteiger partial charge in [0.1, 0.15) is 0 Å². The molecule has 0 amide bonds. The molecular weight excluding hydrogens is 96.1 g/mol. The van der Waals surface area contributed by atoms with E-state index in [1.165, 1.54) is 5.75 Å². The first-order chi connectivity index (χ1) is 2.93. The minimum absolute atomic E-state index is 0.123. The van der Waals surface area contributed by atoms with Gasteiger partial charge in [-0.3, -0.25) is 0 Å². The molecular formula is C4H7OS. The van der Waals surface area contributed by atoms with E-state index in [1.807, 2.05) is 11.8 Å². The topological polar surface area (TPSA) is 19.9 Å². The third kappa shape index (κ3) is 1.19. The normalized spacial score (nSPS) is 30.5. The second-order valence-corrected chi connectivity index (χ2v) is 2.78. The number of rotatable bonds is 2. The Kier molecular flexibility index (Phi) is 1.37. The van der Waals surface area contributed by atoms with Crippen molar-refractivity contribution in [1.29, 1.82) is 0 Å². The second kappa shape index (κ2) is 1.85. The fourth-order valence-electron chi connectivity index (χ4n) is 0.366. The Hall–Kier alpha value is 0.310. The van der Waals surface area contributed by atoms with Crippen LogP contribution in [-0.4, -0.2) is 17.6 Å². The molecule has 0 spiro atoms. The van der Waals surface area contributed by atoms with Crippen LogP contribution in [0.25, 0.3) is 0 Å². The largest absolute Gasteiger partial charge is 0.237 e. The third-order valence-corrected chi connectivity index (χ3v) is 1.88. The lowest BCUT2D eigenvalue weighted by molar-refractivity contribution is 0.191. The van der Waals surface area contributed by atoms with E-state index >= 15 is 0 Å². The van der Waals surface area contributed by atoms with Crippen LogP contribution in [0.1, 0.15) is 6.42 Å². The summed E-state index contributed by atoms with van der Waals surface area (Å²) in [5.74, 6) is 1.24. The quantitative estimate of drug-likeness (QED) is 0.476. The highest BCUT2D eigenvalue weighted by atomic mass is 32.2. The van der Waals surface area contributed by atoms with Gasteiger partial charge in [0, 0.05) is 11.0 Å². The van der Waals surface area contributed by atoms with Crippen molar-refractivity contribution >= 4 is 11.8 Å². The van der Waals surface area contributed by atoms with Crippen molar-refractivity contribution in [2.24, 2.45) is 0 Å². The predicted molar refractivity (Wildman–Crippen MR) is 26.4 cm³/mol. The maximum absolute atomic E-state index is 9.77. The van der Waals surface area contributed by atoms with Crippen molar-refractivity contribution in [3.8, 4) is 0 Å². The first-order valence-corrected chi connectivity index (χ1v) is 3.18. The highest BCUT2D eigenvalue weighted by Gasteiger charge is 2.20. The molecule has 1 nitrogen and oxygen atoms in total. The number of thioether (sulfide) groups is 1. The summed E-state index contributed by atoms with van der Waals surface area (Å²) in [7, 11) is 0. The van der Waals surface area contributed by atoms with E-state index in [9.17, 15) is 5.11 Å². The van der Waals surface area contributed by atoms with E-state index in [-0.39, 0.29) is 6.61 Å². The Morgan fingerprint density at radius 1 is 1.83 bits per heavy atom. The van der Waals surface area contributed by atoms with Crippen LogP contribution in [0, 0.1) is 0 Å². The number of hydrogen-bond acceptors (Lipinski definition) is 1. The van der Waals surface area contributed by atoms with Gasteiger partial charge in [0.25, 0.3) is 0 Å². The van der Waals surface area contributed by atoms with Gasteiger partial charge in [0.2, 0.25) is 0 Å². The van der Waals surface area contributed by atoms with Gasteiger partial charge in [0.15, 0.2) is 0 Å². The minimum atomic E-state index is 0.123. The van der Waals surface area contributed by atoms with Crippen molar-refractivity contribution in [3.05, 3.63) is 0 Å². The maximum atomic E-state index is 9.77. The molecule has 35 valence electrons. The molecule has 0 bridgehead atoms. The molecule has 1 unspecified atom stereocenters. The van der Waals surface area contributed by atoms with Gasteiger partial charge in [-0.25, -0.2) is 5.11 Å². The summed E-state index contributed by atoms with van der Waals surface area (Å²) in [6.07, 6.45) is 0.894. The number of hydrogen-bond donors (Lipinski definition) is 0. The molecule has 0 saturated carbocycles. The Morgan fingerprint density at radius 3 is 2.67 bits per heavy atom. The summed E-state index contributed by atoms with van der Waals surface area (Å²) >= 11 is 1.89. The van der Waals surface area contributed by atoms with E-state index in [2.05, 4.69) is 0 Å². The zero-order valence-electron chi connectivity index (χ0n) is 3.52. The first-order valence-electron chi connectivity index (χ1n) is 2.13. The highest BCUT2D eigenvalue weighted by Crippen LogP contribution is 2.32. The molecule has 2 heteroatoms. The Morgan fingerprint density at radius 2 is 2.50 bits per heavy atom. The molecule has 1 heterocycles. The van der Waals surface area contributed by atoms with E-state index in [1.54, 1.807) is 0 Å². The summed E-state index contributed by atoms with van der Waals surface area (Å²) in [6.45, 7) is 0.123. The molecule has 1 atom stereocenters. The molecule has 0 aliphatic carbocycles. The monoisotopic (exact) mass is 103 g/mol. The van der Waals surface area contributed by atoms with Crippen LogP contribution in [0.2, 0.25) is 0 Å². The highest BCUT2D eigenvalue weighted by molar-refractivity contribution is 8.06. The van der Waals surface area contributed by atoms with Crippen molar-refractivity contribution in [3.63, 3.8) is 0 Å².